The van der Waals surface area contributed by atoms with Gasteiger partial charge in [0.1, 0.15) is 6.61 Å². The predicted octanol–water partition coefficient (Wildman–Crippen LogP) is 3.67. The Morgan fingerprint density at radius 3 is 2.52 bits per heavy atom. The van der Waals surface area contributed by atoms with Gasteiger partial charge in [-0.2, -0.15) is 5.10 Å². The van der Waals surface area contributed by atoms with E-state index in [4.69, 9.17) is 16.3 Å². The molecule has 1 aliphatic heterocycles. The molecule has 0 aliphatic carbocycles. The van der Waals surface area contributed by atoms with Crippen molar-refractivity contribution in [2.45, 2.75) is 13.0 Å². The fourth-order valence-electron chi connectivity index (χ4n) is 3.33. The minimum absolute atomic E-state index is 0.0141. The number of esters is 1. The van der Waals surface area contributed by atoms with Crippen molar-refractivity contribution < 1.29 is 17.9 Å². The molecule has 0 bridgehead atoms. The zero-order valence-corrected chi connectivity index (χ0v) is 17.1. The van der Waals surface area contributed by atoms with E-state index >= 15 is 0 Å². The van der Waals surface area contributed by atoms with E-state index in [0.29, 0.717) is 17.1 Å². The van der Waals surface area contributed by atoms with Crippen LogP contribution in [0.4, 0.5) is 0 Å². The molecule has 6 nitrogen and oxygen atoms in total. The van der Waals surface area contributed by atoms with Crippen LogP contribution >= 0.6 is 11.6 Å². The van der Waals surface area contributed by atoms with Crippen LogP contribution in [0.25, 0.3) is 16.9 Å². The summed E-state index contributed by atoms with van der Waals surface area (Å²) in [5.74, 6) is -1.18. The molecule has 2 heterocycles. The molecule has 1 saturated heterocycles. The van der Waals surface area contributed by atoms with E-state index in [9.17, 15) is 13.2 Å². The van der Waals surface area contributed by atoms with E-state index in [1.165, 1.54) is 0 Å². The highest BCUT2D eigenvalue weighted by Gasteiger charge is 2.34. The van der Waals surface area contributed by atoms with Gasteiger partial charge in [0.15, 0.2) is 9.84 Å². The van der Waals surface area contributed by atoms with Gasteiger partial charge < -0.3 is 4.74 Å². The molecule has 4 rings (SSSR count). The molecule has 1 fully saturated rings. The van der Waals surface area contributed by atoms with Crippen LogP contribution in [0.15, 0.2) is 60.8 Å². The third kappa shape index (κ3) is 4.52. The third-order valence-electron chi connectivity index (χ3n) is 4.86. The van der Waals surface area contributed by atoms with Crippen molar-refractivity contribution in [2.75, 3.05) is 11.5 Å². The second-order valence-corrected chi connectivity index (χ2v) is 9.66. The van der Waals surface area contributed by atoms with Crippen LogP contribution in [0.1, 0.15) is 12.0 Å². The second-order valence-electron chi connectivity index (χ2n) is 7.00. The van der Waals surface area contributed by atoms with Gasteiger partial charge >= 0.3 is 5.97 Å². The minimum atomic E-state index is -3.14. The lowest BCUT2D eigenvalue weighted by molar-refractivity contribution is -0.148. The topological polar surface area (TPSA) is 78.3 Å². The van der Waals surface area contributed by atoms with Crippen molar-refractivity contribution in [1.29, 1.82) is 0 Å². The Balaban J connectivity index is 1.60. The summed E-state index contributed by atoms with van der Waals surface area (Å²) in [5, 5.41) is 5.28. The van der Waals surface area contributed by atoms with E-state index in [-0.39, 0.29) is 18.1 Å². The normalized spacial score (nSPS) is 17.9. The molecule has 29 heavy (non-hydrogen) atoms. The maximum atomic E-state index is 12.3. The number of nitrogens with zero attached hydrogens (tertiary/aromatic N) is 2. The van der Waals surface area contributed by atoms with E-state index in [1.807, 2.05) is 48.7 Å². The summed E-state index contributed by atoms with van der Waals surface area (Å²) in [7, 11) is -3.14. The standard InChI is InChI=1S/C21H19ClN2O4S/c22-18-8-6-15(7-9-18)20-17(12-24(23-20)19-4-2-1-3-5-19)13-28-21(25)16-10-11-29(26,27)14-16/h1-9,12,16H,10-11,13-14H2/t16-/m0/s1. The van der Waals surface area contributed by atoms with Crippen molar-refractivity contribution in [3.05, 3.63) is 71.4 Å². The first-order valence-electron chi connectivity index (χ1n) is 9.18. The first kappa shape index (κ1) is 19.7. The van der Waals surface area contributed by atoms with Crippen LogP contribution in [0, 0.1) is 5.92 Å². The van der Waals surface area contributed by atoms with Gasteiger partial charge in [-0.05, 0) is 30.7 Å². The monoisotopic (exact) mass is 430 g/mol. The summed E-state index contributed by atoms with van der Waals surface area (Å²) in [5.41, 5.74) is 3.13. The second kappa shape index (κ2) is 8.00. The van der Waals surface area contributed by atoms with E-state index in [2.05, 4.69) is 5.10 Å². The zero-order valence-electron chi connectivity index (χ0n) is 15.5. The fourth-order valence-corrected chi connectivity index (χ4v) is 5.18. The molecule has 0 radical (unpaired) electrons. The Morgan fingerprint density at radius 2 is 1.86 bits per heavy atom. The Morgan fingerprint density at radius 1 is 1.14 bits per heavy atom. The number of para-hydroxylation sites is 1. The number of hydrogen-bond acceptors (Lipinski definition) is 5. The molecule has 0 amide bonds. The minimum Gasteiger partial charge on any atom is -0.460 e. The molecule has 150 valence electrons. The molecule has 1 atom stereocenters. The number of ether oxygens (including phenoxy) is 1. The molecule has 0 saturated carbocycles. The maximum absolute atomic E-state index is 12.3. The average Bonchev–Trinajstić information content (AvgIpc) is 3.31. The van der Waals surface area contributed by atoms with Crippen LogP contribution in [-0.4, -0.2) is 35.7 Å². The summed E-state index contributed by atoms with van der Waals surface area (Å²) in [6, 6.07) is 16.9. The lowest BCUT2D eigenvalue weighted by Gasteiger charge is -2.09. The van der Waals surface area contributed by atoms with Gasteiger partial charge in [-0.25, -0.2) is 13.1 Å². The maximum Gasteiger partial charge on any atom is 0.310 e. The van der Waals surface area contributed by atoms with Gasteiger partial charge in [-0.1, -0.05) is 41.9 Å². The van der Waals surface area contributed by atoms with Crippen LogP contribution in [0.3, 0.4) is 0 Å². The molecular weight excluding hydrogens is 412 g/mol. The van der Waals surface area contributed by atoms with Gasteiger partial charge in [0.2, 0.25) is 0 Å². The van der Waals surface area contributed by atoms with E-state index in [0.717, 1.165) is 16.8 Å². The summed E-state index contributed by atoms with van der Waals surface area (Å²) in [4.78, 5) is 12.3. The van der Waals surface area contributed by atoms with Gasteiger partial charge in [-0.3, -0.25) is 4.79 Å². The summed E-state index contributed by atoms with van der Waals surface area (Å²) < 4.78 is 30.4. The van der Waals surface area contributed by atoms with Crippen molar-refractivity contribution in [3.8, 4) is 16.9 Å². The lowest BCUT2D eigenvalue weighted by Crippen LogP contribution is -2.18. The molecule has 0 spiro atoms. The van der Waals surface area contributed by atoms with E-state index < -0.39 is 21.7 Å². The molecule has 1 aromatic heterocycles. The Kier molecular flexibility index (Phi) is 5.43. The summed E-state index contributed by atoms with van der Waals surface area (Å²) in [6.45, 7) is 0.0141. The summed E-state index contributed by atoms with van der Waals surface area (Å²) in [6.07, 6.45) is 2.13. The highest BCUT2D eigenvalue weighted by molar-refractivity contribution is 7.91. The molecule has 2 aromatic carbocycles. The van der Waals surface area contributed by atoms with E-state index in [1.54, 1.807) is 16.8 Å². The predicted molar refractivity (Wildman–Crippen MR) is 111 cm³/mol. The average molecular weight is 431 g/mol. The SMILES string of the molecule is O=C(OCc1cn(-c2ccccc2)nc1-c1ccc(Cl)cc1)[C@H]1CCS(=O)(=O)C1. The van der Waals surface area contributed by atoms with Crippen molar-refractivity contribution in [3.63, 3.8) is 0 Å². The van der Waals surface area contributed by atoms with Gasteiger partial charge in [-0.15, -0.1) is 0 Å². The number of aromatic nitrogens is 2. The zero-order chi connectivity index (χ0) is 20.4. The van der Waals surface area contributed by atoms with Crippen molar-refractivity contribution in [1.82, 2.24) is 9.78 Å². The first-order chi connectivity index (χ1) is 13.9. The number of hydrogen-bond donors (Lipinski definition) is 0. The lowest BCUT2D eigenvalue weighted by atomic mass is 10.1. The van der Waals surface area contributed by atoms with Crippen LogP contribution < -0.4 is 0 Å². The largest absolute Gasteiger partial charge is 0.460 e. The number of halogens is 1. The molecule has 0 unspecified atom stereocenters. The number of rotatable bonds is 5. The number of sulfone groups is 1. The number of carbonyl (C=O) groups is 1. The molecule has 3 aromatic rings. The van der Waals surface area contributed by atoms with Crippen LogP contribution in [0.2, 0.25) is 5.02 Å². The highest BCUT2D eigenvalue weighted by atomic mass is 35.5. The quantitative estimate of drug-likeness (QED) is 0.577. The van der Waals surface area contributed by atoms with Crippen LogP contribution in [0.5, 0.6) is 0 Å². The molecule has 0 N–H and O–H groups in total. The highest BCUT2D eigenvalue weighted by Crippen LogP contribution is 2.27. The van der Waals surface area contributed by atoms with Gasteiger partial charge in [0.25, 0.3) is 0 Å². The van der Waals surface area contributed by atoms with Gasteiger partial charge in [0, 0.05) is 22.3 Å². The Hall–Kier alpha value is -2.64. The molecular formula is C21H19ClN2O4S. The van der Waals surface area contributed by atoms with Crippen molar-refractivity contribution in [2.24, 2.45) is 5.92 Å². The third-order valence-corrected chi connectivity index (χ3v) is 6.88. The molecule has 1 aliphatic rings. The number of carbonyl (C=O) groups excluding carboxylic acids is 1. The summed E-state index contributed by atoms with van der Waals surface area (Å²) >= 11 is 5.99. The van der Waals surface area contributed by atoms with Gasteiger partial charge in [0.05, 0.1) is 28.8 Å². The fraction of sp³-hybridized carbons (Fsp3) is 0.238. The van der Waals surface area contributed by atoms with Crippen molar-refractivity contribution >= 4 is 27.4 Å². The number of benzene rings is 2. The van der Waals surface area contributed by atoms with Crippen LogP contribution in [-0.2, 0) is 26.0 Å². The first-order valence-corrected chi connectivity index (χ1v) is 11.4. The smallest absolute Gasteiger partial charge is 0.310 e. The molecule has 8 heteroatoms. The Bertz CT molecular complexity index is 1130. The Labute approximate surface area is 174 Å².